The van der Waals surface area contributed by atoms with Gasteiger partial charge in [-0.05, 0) is 63.2 Å². The van der Waals surface area contributed by atoms with E-state index in [1.165, 1.54) is 0 Å². The molecule has 188 valence electrons. The van der Waals surface area contributed by atoms with Gasteiger partial charge in [0.25, 0.3) is 11.8 Å². The predicted molar refractivity (Wildman–Crippen MR) is 146 cm³/mol. The number of nitrogens with zero attached hydrogens (tertiary/aromatic N) is 2. The Hall–Kier alpha value is -4.00. The number of aryl methyl sites for hydroxylation is 1. The predicted octanol–water partition coefficient (Wildman–Crippen LogP) is 4.72. The molecule has 0 bridgehead atoms. The van der Waals surface area contributed by atoms with Crippen molar-refractivity contribution >= 4 is 28.9 Å². The first-order valence-corrected chi connectivity index (χ1v) is 12.3. The van der Waals surface area contributed by atoms with Gasteiger partial charge in [0.05, 0.1) is 18.4 Å². The van der Waals surface area contributed by atoms with E-state index < -0.39 is 0 Å². The molecule has 1 fully saturated rings. The zero-order valence-electron chi connectivity index (χ0n) is 21.4. The Morgan fingerprint density at radius 3 is 2.11 bits per heavy atom. The average Bonchev–Trinajstić information content (AvgIpc) is 2.88. The molecule has 0 unspecified atom stereocenters. The zero-order valence-corrected chi connectivity index (χ0v) is 21.4. The topological polar surface area (TPSA) is 73.9 Å². The number of benzene rings is 3. The molecule has 1 saturated heterocycles. The van der Waals surface area contributed by atoms with Gasteiger partial charge >= 0.3 is 0 Å². The number of para-hydroxylation sites is 2. The van der Waals surface area contributed by atoms with Gasteiger partial charge < -0.3 is 25.2 Å². The lowest BCUT2D eigenvalue weighted by Crippen LogP contribution is -2.47. The van der Waals surface area contributed by atoms with Crippen LogP contribution in [0.2, 0.25) is 0 Å². The lowest BCUT2D eigenvalue weighted by molar-refractivity contribution is 0.0942. The van der Waals surface area contributed by atoms with E-state index in [4.69, 9.17) is 4.74 Å². The van der Waals surface area contributed by atoms with Crippen LogP contribution in [-0.2, 0) is 0 Å². The van der Waals surface area contributed by atoms with Crippen LogP contribution in [0.5, 0.6) is 5.75 Å². The first-order valence-electron chi connectivity index (χ1n) is 12.3. The second-order valence-corrected chi connectivity index (χ2v) is 9.33. The zero-order chi connectivity index (χ0) is 25.7. The van der Waals surface area contributed by atoms with Crippen molar-refractivity contribution in [3.63, 3.8) is 0 Å². The number of ether oxygens (including phenoxy) is 1. The minimum atomic E-state index is -0.205. The molecule has 0 spiro atoms. The van der Waals surface area contributed by atoms with Gasteiger partial charge in [0, 0.05) is 49.2 Å². The molecule has 1 heterocycles. The molecule has 7 nitrogen and oxygen atoms in total. The normalized spacial score (nSPS) is 13.5. The fourth-order valence-corrected chi connectivity index (χ4v) is 4.40. The third-order valence-electron chi connectivity index (χ3n) is 6.28. The Morgan fingerprint density at radius 1 is 0.833 bits per heavy atom. The van der Waals surface area contributed by atoms with Crippen LogP contribution in [0.4, 0.5) is 17.1 Å². The first kappa shape index (κ1) is 25.1. The van der Waals surface area contributed by atoms with Gasteiger partial charge in [0.15, 0.2) is 0 Å². The molecule has 0 saturated carbocycles. The van der Waals surface area contributed by atoms with Gasteiger partial charge in [-0.1, -0.05) is 29.8 Å². The summed E-state index contributed by atoms with van der Waals surface area (Å²) >= 11 is 0. The Kier molecular flexibility index (Phi) is 7.78. The van der Waals surface area contributed by atoms with E-state index in [-0.39, 0.29) is 17.9 Å². The highest BCUT2D eigenvalue weighted by Crippen LogP contribution is 2.31. The molecule has 0 radical (unpaired) electrons. The maximum Gasteiger partial charge on any atom is 0.255 e. The van der Waals surface area contributed by atoms with Gasteiger partial charge in [0.1, 0.15) is 5.75 Å². The number of piperazine rings is 1. The Balaban J connectivity index is 1.54. The van der Waals surface area contributed by atoms with Gasteiger partial charge in [-0.3, -0.25) is 9.59 Å². The van der Waals surface area contributed by atoms with E-state index in [0.29, 0.717) is 16.8 Å². The summed E-state index contributed by atoms with van der Waals surface area (Å²) in [5, 5.41) is 5.94. The number of anilines is 3. The summed E-state index contributed by atoms with van der Waals surface area (Å²) < 4.78 is 5.54. The van der Waals surface area contributed by atoms with Gasteiger partial charge in [-0.25, -0.2) is 0 Å². The van der Waals surface area contributed by atoms with E-state index in [1.54, 1.807) is 25.3 Å². The molecular weight excluding hydrogens is 452 g/mol. The van der Waals surface area contributed by atoms with Crippen LogP contribution < -0.4 is 25.2 Å². The van der Waals surface area contributed by atoms with Crippen molar-refractivity contribution in [2.45, 2.75) is 26.8 Å². The monoisotopic (exact) mass is 486 g/mol. The van der Waals surface area contributed by atoms with Crippen molar-refractivity contribution in [2.75, 3.05) is 48.4 Å². The lowest BCUT2D eigenvalue weighted by atomic mass is 10.1. The van der Waals surface area contributed by atoms with Gasteiger partial charge in [-0.2, -0.15) is 0 Å². The molecule has 2 amide bonds. The highest BCUT2D eigenvalue weighted by Gasteiger charge is 2.24. The molecule has 36 heavy (non-hydrogen) atoms. The van der Waals surface area contributed by atoms with E-state index in [2.05, 4.69) is 26.5 Å². The van der Waals surface area contributed by atoms with Crippen LogP contribution in [0, 0.1) is 6.92 Å². The Bertz CT molecular complexity index is 1220. The maximum absolute atomic E-state index is 13.2. The largest absolute Gasteiger partial charge is 0.495 e. The summed E-state index contributed by atoms with van der Waals surface area (Å²) in [6.45, 7) is 8.98. The standard InChI is InChI=1S/C29H34N4O3/c1-20(2)30-29(35)24-19-23(31-28(34)22-11-9-21(3)10-12-22)13-14-25(24)32-15-17-33(18-16-32)26-7-5-6-8-27(26)36-4/h5-14,19-20H,15-18H2,1-4H3,(H,30,35)(H,31,34). The number of carbonyl (C=O) groups excluding carboxylic acids is 2. The molecule has 7 heteroatoms. The van der Waals surface area contributed by atoms with Crippen LogP contribution in [-0.4, -0.2) is 51.1 Å². The van der Waals surface area contributed by atoms with Crippen molar-refractivity contribution in [1.29, 1.82) is 0 Å². The molecule has 4 rings (SSSR count). The molecule has 0 aromatic heterocycles. The molecule has 3 aromatic carbocycles. The van der Waals surface area contributed by atoms with Crippen LogP contribution in [0.1, 0.15) is 40.1 Å². The Labute approximate surface area is 213 Å². The highest BCUT2D eigenvalue weighted by molar-refractivity contribution is 6.06. The number of methoxy groups -OCH3 is 1. The quantitative estimate of drug-likeness (QED) is 0.506. The third kappa shape index (κ3) is 5.79. The fourth-order valence-electron chi connectivity index (χ4n) is 4.40. The number of hydrogen-bond acceptors (Lipinski definition) is 5. The Morgan fingerprint density at radius 2 is 1.47 bits per heavy atom. The van der Waals surface area contributed by atoms with Crippen LogP contribution in [0.15, 0.2) is 66.7 Å². The average molecular weight is 487 g/mol. The molecule has 3 aromatic rings. The van der Waals surface area contributed by atoms with Crippen molar-refractivity contribution in [1.82, 2.24) is 5.32 Å². The van der Waals surface area contributed by atoms with Crippen LogP contribution in [0.3, 0.4) is 0 Å². The molecule has 0 atom stereocenters. The molecule has 1 aliphatic heterocycles. The molecule has 1 aliphatic rings. The maximum atomic E-state index is 13.2. The summed E-state index contributed by atoms with van der Waals surface area (Å²) in [6, 6.07) is 21.0. The molecular formula is C29H34N4O3. The summed E-state index contributed by atoms with van der Waals surface area (Å²) in [5.74, 6) is 0.499. The van der Waals surface area contributed by atoms with Crippen LogP contribution >= 0.6 is 0 Å². The fraction of sp³-hybridized carbons (Fsp3) is 0.310. The summed E-state index contributed by atoms with van der Waals surface area (Å²) in [7, 11) is 1.69. The SMILES string of the molecule is COc1ccccc1N1CCN(c2ccc(NC(=O)c3ccc(C)cc3)cc2C(=O)NC(C)C)CC1. The van der Waals surface area contributed by atoms with Crippen molar-refractivity contribution in [3.05, 3.63) is 83.4 Å². The third-order valence-corrected chi connectivity index (χ3v) is 6.28. The van der Waals surface area contributed by atoms with E-state index in [9.17, 15) is 9.59 Å². The smallest absolute Gasteiger partial charge is 0.255 e. The summed E-state index contributed by atoms with van der Waals surface area (Å²) in [6.07, 6.45) is 0. The molecule has 0 aliphatic carbocycles. The first-order chi connectivity index (χ1) is 17.4. The highest BCUT2D eigenvalue weighted by atomic mass is 16.5. The van der Waals surface area contributed by atoms with Gasteiger partial charge in [-0.15, -0.1) is 0 Å². The number of rotatable bonds is 7. The van der Waals surface area contributed by atoms with Crippen molar-refractivity contribution < 1.29 is 14.3 Å². The number of nitrogens with one attached hydrogen (secondary N) is 2. The molecule has 2 N–H and O–H groups in total. The summed E-state index contributed by atoms with van der Waals surface area (Å²) in [4.78, 5) is 30.4. The number of carbonyl (C=O) groups is 2. The number of hydrogen-bond donors (Lipinski definition) is 2. The second kappa shape index (κ2) is 11.2. The van der Waals surface area contributed by atoms with Crippen LogP contribution in [0.25, 0.3) is 0 Å². The minimum absolute atomic E-state index is 0.00134. The minimum Gasteiger partial charge on any atom is -0.495 e. The van der Waals surface area contributed by atoms with Crippen molar-refractivity contribution in [3.8, 4) is 5.75 Å². The lowest BCUT2D eigenvalue weighted by Gasteiger charge is -2.38. The van der Waals surface area contributed by atoms with Gasteiger partial charge in [0.2, 0.25) is 0 Å². The second-order valence-electron chi connectivity index (χ2n) is 9.33. The number of amides is 2. The van der Waals surface area contributed by atoms with Crippen molar-refractivity contribution in [2.24, 2.45) is 0 Å². The van der Waals surface area contributed by atoms with E-state index >= 15 is 0 Å². The van der Waals surface area contributed by atoms with E-state index in [1.807, 2.05) is 63.2 Å². The summed E-state index contributed by atoms with van der Waals surface area (Å²) in [5.41, 5.74) is 4.74. The van der Waals surface area contributed by atoms with E-state index in [0.717, 1.165) is 48.9 Å².